The number of hydrogen-bond acceptors (Lipinski definition) is 4. The Hall–Kier alpha value is -7.69. The molecule has 268 valence electrons. The van der Waals surface area contributed by atoms with E-state index in [1.165, 1.54) is 21.9 Å². The van der Waals surface area contributed by atoms with Crippen molar-refractivity contribution in [3.05, 3.63) is 206 Å². The normalized spacial score (nSPS) is 11.5. The van der Waals surface area contributed by atoms with Crippen molar-refractivity contribution in [3.63, 3.8) is 0 Å². The third-order valence-corrected chi connectivity index (χ3v) is 10.9. The molecule has 0 radical (unpaired) electrons. The van der Waals surface area contributed by atoms with Crippen molar-refractivity contribution in [2.45, 2.75) is 0 Å². The summed E-state index contributed by atoms with van der Waals surface area (Å²) < 4.78 is 12.9. The Kier molecular flexibility index (Phi) is 7.78. The molecule has 0 bridgehead atoms. The first-order valence-corrected chi connectivity index (χ1v) is 19.2. The fourth-order valence-electron chi connectivity index (χ4n) is 8.16. The molecule has 0 saturated heterocycles. The number of rotatable bonds is 7. The fraction of sp³-hybridized carbons (Fsp3) is 0. The Morgan fingerprint density at radius 1 is 0.386 bits per heavy atom. The highest BCUT2D eigenvalue weighted by molar-refractivity contribution is 6.19. The van der Waals surface area contributed by atoms with E-state index in [0.717, 1.165) is 72.3 Å². The van der Waals surface area contributed by atoms with Gasteiger partial charge in [0.1, 0.15) is 16.7 Å². The van der Waals surface area contributed by atoms with Gasteiger partial charge in [0.2, 0.25) is 5.89 Å². The van der Waals surface area contributed by atoms with E-state index in [2.05, 4.69) is 163 Å². The van der Waals surface area contributed by atoms with Crippen LogP contribution in [0.3, 0.4) is 0 Å². The number of nitrogens with zero attached hydrogens (tertiary/aromatic N) is 2. The van der Waals surface area contributed by atoms with Crippen LogP contribution >= 0.6 is 0 Å². The van der Waals surface area contributed by atoms with Crippen LogP contribution < -0.4 is 4.90 Å². The number of para-hydroxylation sites is 2. The maximum atomic E-state index is 6.44. The lowest BCUT2D eigenvalue weighted by molar-refractivity contribution is 0.617. The van der Waals surface area contributed by atoms with E-state index in [1.54, 1.807) is 0 Å². The van der Waals surface area contributed by atoms with Crippen LogP contribution in [-0.2, 0) is 0 Å². The second-order valence-corrected chi connectivity index (χ2v) is 14.3. The maximum absolute atomic E-state index is 6.44. The molecule has 0 aliphatic heterocycles. The first-order valence-electron chi connectivity index (χ1n) is 19.2. The Balaban J connectivity index is 1.09. The molecule has 2 aromatic heterocycles. The minimum atomic E-state index is 0.579. The molecule has 2 heterocycles. The molecule has 0 fully saturated rings. The fourth-order valence-corrected chi connectivity index (χ4v) is 8.16. The second kappa shape index (κ2) is 13.6. The van der Waals surface area contributed by atoms with Crippen LogP contribution in [0, 0.1) is 0 Å². The zero-order valence-electron chi connectivity index (χ0n) is 30.8. The summed E-state index contributed by atoms with van der Waals surface area (Å²) in [6.07, 6.45) is 0. The topological polar surface area (TPSA) is 42.4 Å². The molecule has 0 aliphatic carbocycles. The van der Waals surface area contributed by atoms with Crippen molar-refractivity contribution in [3.8, 4) is 44.8 Å². The molecule has 0 unspecified atom stereocenters. The number of fused-ring (bicyclic) bond motifs is 5. The molecule has 11 rings (SSSR count). The van der Waals surface area contributed by atoms with Crippen molar-refractivity contribution in [2.24, 2.45) is 0 Å². The van der Waals surface area contributed by atoms with Crippen LogP contribution in [0.1, 0.15) is 0 Å². The Morgan fingerprint density at radius 3 is 1.75 bits per heavy atom. The zero-order valence-corrected chi connectivity index (χ0v) is 30.8. The molecular formula is C53H34N2O2. The van der Waals surface area contributed by atoms with Crippen LogP contribution in [0.15, 0.2) is 215 Å². The largest absolute Gasteiger partial charge is 0.456 e. The van der Waals surface area contributed by atoms with E-state index in [1.807, 2.05) is 48.5 Å². The Labute approximate surface area is 329 Å². The number of anilines is 3. The molecular weight excluding hydrogens is 697 g/mol. The Morgan fingerprint density at radius 2 is 0.982 bits per heavy atom. The lowest BCUT2D eigenvalue weighted by Crippen LogP contribution is -2.11. The first-order chi connectivity index (χ1) is 28.2. The van der Waals surface area contributed by atoms with Crippen LogP contribution in [0.4, 0.5) is 17.1 Å². The molecule has 11 aromatic rings. The van der Waals surface area contributed by atoms with Gasteiger partial charge in [0.25, 0.3) is 0 Å². The van der Waals surface area contributed by atoms with Crippen LogP contribution in [0.25, 0.3) is 88.6 Å². The van der Waals surface area contributed by atoms with Gasteiger partial charge >= 0.3 is 0 Å². The summed E-state index contributed by atoms with van der Waals surface area (Å²) in [4.78, 5) is 7.49. The number of hydrogen-bond donors (Lipinski definition) is 0. The average molecular weight is 731 g/mol. The lowest BCUT2D eigenvalue weighted by atomic mass is 9.96. The van der Waals surface area contributed by atoms with Gasteiger partial charge in [0.15, 0.2) is 5.58 Å². The molecule has 0 atom stereocenters. The highest BCUT2D eigenvalue weighted by atomic mass is 16.4. The third-order valence-electron chi connectivity index (χ3n) is 10.9. The van der Waals surface area contributed by atoms with Gasteiger partial charge in [0, 0.05) is 44.9 Å². The predicted octanol–water partition coefficient (Wildman–Crippen LogP) is 15.0. The molecule has 0 N–H and O–H groups in total. The van der Waals surface area contributed by atoms with Gasteiger partial charge in [-0.05, 0) is 87.6 Å². The van der Waals surface area contributed by atoms with Crippen LogP contribution in [0.2, 0.25) is 0 Å². The summed E-state index contributed by atoms with van der Waals surface area (Å²) >= 11 is 0. The van der Waals surface area contributed by atoms with Crippen molar-refractivity contribution in [1.29, 1.82) is 0 Å². The quantitative estimate of drug-likeness (QED) is 0.164. The SMILES string of the molecule is c1ccc(-c2ccc(N(c3ccc(-c4c5nc(-c6ccccc6)oc5cc5oc6ccccc6c45)cc3)c3ccccc3-c3ccc4ccccc4c3)cc2)cc1. The third kappa shape index (κ3) is 5.74. The van der Waals surface area contributed by atoms with Crippen LogP contribution in [0.5, 0.6) is 0 Å². The molecule has 4 nitrogen and oxygen atoms in total. The summed E-state index contributed by atoms with van der Waals surface area (Å²) in [7, 11) is 0. The van der Waals surface area contributed by atoms with Gasteiger partial charge in [-0.2, -0.15) is 0 Å². The van der Waals surface area contributed by atoms with Crippen molar-refractivity contribution in [2.75, 3.05) is 4.90 Å². The molecule has 4 heteroatoms. The van der Waals surface area contributed by atoms with Gasteiger partial charge in [-0.25, -0.2) is 4.98 Å². The minimum absolute atomic E-state index is 0.579. The van der Waals surface area contributed by atoms with Gasteiger partial charge in [-0.15, -0.1) is 0 Å². The number of furan rings is 1. The van der Waals surface area contributed by atoms with Gasteiger partial charge in [0.05, 0.1) is 5.69 Å². The second-order valence-electron chi connectivity index (χ2n) is 14.3. The summed E-state index contributed by atoms with van der Waals surface area (Å²) in [5.74, 6) is 0.579. The lowest BCUT2D eigenvalue weighted by Gasteiger charge is -2.28. The summed E-state index contributed by atoms with van der Waals surface area (Å²) in [6.45, 7) is 0. The summed E-state index contributed by atoms with van der Waals surface area (Å²) in [5.41, 5.74) is 13.9. The molecule has 0 aliphatic rings. The number of benzene rings is 9. The van der Waals surface area contributed by atoms with Gasteiger partial charge in [-0.3, -0.25) is 0 Å². The van der Waals surface area contributed by atoms with Crippen LogP contribution in [-0.4, -0.2) is 4.98 Å². The number of aromatic nitrogens is 1. The highest BCUT2D eigenvalue weighted by Gasteiger charge is 2.23. The van der Waals surface area contributed by atoms with E-state index in [-0.39, 0.29) is 0 Å². The van der Waals surface area contributed by atoms with E-state index in [0.29, 0.717) is 11.5 Å². The molecule has 0 saturated carbocycles. The molecule has 0 spiro atoms. The molecule has 57 heavy (non-hydrogen) atoms. The summed E-state index contributed by atoms with van der Waals surface area (Å²) in [6, 6.07) is 72.4. The minimum Gasteiger partial charge on any atom is -0.456 e. The summed E-state index contributed by atoms with van der Waals surface area (Å²) in [5, 5.41) is 4.50. The molecule has 9 aromatic carbocycles. The highest BCUT2D eigenvalue weighted by Crippen LogP contribution is 2.45. The van der Waals surface area contributed by atoms with E-state index >= 15 is 0 Å². The zero-order chi connectivity index (χ0) is 37.7. The molecule has 0 amide bonds. The Bertz CT molecular complexity index is 3220. The maximum Gasteiger partial charge on any atom is 0.227 e. The van der Waals surface area contributed by atoms with Crippen molar-refractivity contribution >= 4 is 60.9 Å². The van der Waals surface area contributed by atoms with Crippen molar-refractivity contribution < 1.29 is 8.83 Å². The predicted molar refractivity (Wildman–Crippen MR) is 235 cm³/mol. The smallest absolute Gasteiger partial charge is 0.227 e. The van der Waals surface area contributed by atoms with E-state index < -0.39 is 0 Å². The van der Waals surface area contributed by atoms with Gasteiger partial charge in [-0.1, -0.05) is 146 Å². The first kappa shape index (κ1) is 32.7. The van der Waals surface area contributed by atoms with E-state index in [9.17, 15) is 0 Å². The van der Waals surface area contributed by atoms with Crippen molar-refractivity contribution in [1.82, 2.24) is 4.98 Å². The van der Waals surface area contributed by atoms with Gasteiger partial charge < -0.3 is 13.7 Å². The van der Waals surface area contributed by atoms with E-state index in [4.69, 9.17) is 13.8 Å². The monoisotopic (exact) mass is 730 g/mol. The standard InChI is InChI=1S/C53H34N2O2/c1-3-13-35(14-4-1)37-25-29-42(30-26-37)55(46-21-11-9-19-44(46)41-24-23-36-15-7-8-18-40(36)33-41)43-31-27-38(28-32-43)50-51-45-20-10-12-22-47(45)56-48(51)34-49-52(50)54-53(57-49)39-16-5-2-6-17-39/h1-34H. The average Bonchev–Trinajstić information content (AvgIpc) is 3.88. The number of oxazole rings is 1.